The maximum atomic E-state index is 13.7. The molecule has 1 N–H and O–H groups in total. The lowest BCUT2D eigenvalue weighted by Gasteiger charge is -2.33. The van der Waals surface area contributed by atoms with Crippen LogP contribution in [0.3, 0.4) is 0 Å². The number of nitrogens with zero attached hydrogens (tertiary/aromatic N) is 2. The summed E-state index contributed by atoms with van der Waals surface area (Å²) in [5.41, 5.74) is 3.21. The Morgan fingerprint density at radius 2 is 1.92 bits per heavy atom. The average Bonchev–Trinajstić information content (AvgIpc) is 3.66. The second kappa shape index (κ2) is 9.58. The Labute approximate surface area is 214 Å². The molecule has 2 fully saturated rings. The van der Waals surface area contributed by atoms with Gasteiger partial charge in [0.25, 0.3) is 11.8 Å². The lowest BCUT2D eigenvalue weighted by molar-refractivity contribution is 0.0670. The van der Waals surface area contributed by atoms with E-state index in [1.54, 1.807) is 23.5 Å². The van der Waals surface area contributed by atoms with E-state index in [0.29, 0.717) is 55.0 Å². The molecule has 3 heterocycles. The van der Waals surface area contributed by atoms with Crippen molar-refractivity contribution in [3.05, 3.63) is 64.3 Å². The van der Waals surface area contributed by atoms with Crippen LogP contribution in [0.25, 0.3) is 10.4 Å². The van der Waals surface area contributed by atoms with Crippen molar-refractivity contribution >= 4 is 23.2 Å². The minimum Gasteiger partial charge on any atom is -0.486 e. The van der Waals surface area contributed by atoms with Gasteiger partial charge < -0.3 is 19.7 Å². The third-order valence-electron chi connectivity index (χ3n) is 6.91. The highest BCUT2D eigenvalue weighted by Crippen LogP contribution is 2.45. The zero-order chi connectivity index (χ0) is 24.6. The van der Waals surface area contributed by atoms with Gasteiger partial charge in [0, 0.05) is 25.0 Å². The molecule has 3 aliphatic rings. The van der Waals surface area contributed by atoms with Crippen LogP contribution in [-0.2, 0) is 0 Å². The molecular formula is C28H29N3O4S. The van der Waals surface area contributed by atoms with Gasteiger partial charge in [-0.2, -0.15) is 0 Å². The number of para-hydroxylation sites is 1. The van der Waals surface area contributed by atoms with Gasteiger partial charge in [0.05, 0.1) is 15.4 Å². The summed E-state index contributed by atoms with van der Waals surface area (Å²) in [7, 11) is 0. The van der Waals surface area contributed by atoms with E-state index in [2.05, 4.69) is 30.4 Å². The number of likely N-dealkylation sites (tertiary alicyclic amines) is 1. The van der Waals surface area contributed by atoms with E-state index in [9.17, 15) is 9.59 Å². The van der Waals surface area contributed by atoms with Crippen LogP contribution in [0.5, 0.6) is 11.5 Å². The van der Waals surface area contributed by atoms with Crippen LogP contribution in [0.1, 0.15) is 63.0 Å². The number of benzene rings is 2. The van der Waals surface area contributed by atoms with Crippen molar-refractivity contribution in [1.82, 2.24) is 15.2 Å². The Balaban J connectivity index is 1.21. The van der Waals surface area contributed by atoms with Crippen molar-refractivity contribution in [2.24, 2.45) is 0 Å². The number of piperidine rings is 1. The molecule has 1 saturated carbocycles. The number of carbonyl (C=O) groups is 2. The Morgan fingerprint density at radius 1 is 1.08 bits per heavy atom. The number of ether oxygens (including phenoxy) is 2. The number of thiazole rings is 1. The molecule has 2 aromatic carbocycles. The predicted octanol–water partition coefficient (Wildman–Crippen LogP) is 4.80. The van der Waals surface area contributed by atoms with Gasteiger partial charge in [0.15, 0.2) is 11.5 Å². The summed E-state index contributed by atoms with van der Waals surface area (Å²) in [6, 6.07) is 13.5. The van der Waals surface area contributed by atoms with Gasteiger partial charge in [-0.3, -0.25) is 9.59 Å². The molecule has 1 aliphatic carbocycles. The van der Waals surface area contributed by atoms with E-state index in [1.807, 2.05) is 17.0 Å². The van der Waals surface area contributed by atoms with Crippen LogP contribution < -0.4 is 14.8 Å². The van der Waals surface area contributed by atoms with Gasteiger partial charge in [-0.25, -0.2) is 4.98 Å². The Kier molecular flexibility index (Phi) is 6.13. The molecule has 1 atom stereocenters. The molecule has 0 radical (unpaired) electrons. The molecule has 0 spiro atoms. The number of rotatable bonds is 5. The molecule has 8 heteroatoms. The second-order valence-electron chi connectivity index (χ2n) is 9.77. The summed E-state index contributed by atoms with van der Waals surface area (Å²) >= 11 is 1.65. The third kappa shape index (κ3) is 4.57. The molecule has 186 valence electrons. The van der Waals surface area contributed by atoms with Crippen LogP contribution in [-0.4, -0.2) is 54.0 Å². The SMILES string of the molecule is Cc1cccc(-c2sc(C3CC3)nc2C(=O)N2CCC[C@@H](NC(=O)c3cccc4c3OCCO4)C2)c1. The van der Waals surface area contributed by atoms with Gasteiger partial charge in [0.2, 0.25) is 0 Å². The summed E-state index contributed by atoms with van der Waals surface area (Å²) in [5.74, 6) is 1.30. The standard InChI is InChI=1S/C28H29N3O4S/c1-17-5-2-6-19(15-17)25-23(30-27(36-25)18-10-11-18)28(33)31-12-4-7-20(16-31)29-26(32)21-8-3-9-22-24(21)35-14-13-34-22/h2-3,5-6,8-9,15,18,20H,4,7,10-14,16H2,1H3,(H,29,32)/t20-/m1/s1. The van der Waals surface area contributed by atoms with E-state index in [1.165, 1.54) is 0 Å². The number of hydrogen-bond donors (Lipinski definition) is 1. The highest BCUT2D eigenvalue weighted by Gasteiger charge is 2.33. The number of fused-ring (bicyclic) bond motifs is 1. The van der Waals surface area contributed by atoms with Crippen LogP contribution >= 0.6 is 11.3 Å². The predicted molar refractivity (Wildman–Crippen MR) is 138 cm³/mol. The number of carbonyl (C=O) groups excluding carboxylic acids is 2. The number of aromatic nitrogens is 1. The summed E-state index contributed by atoms with van der Waals surface area (Å²) in [6.07, 6.45) is 3.92. The largest absolute Gasteiger partial charge is 0.486 e. The van der Waals surface area contributed by atoms with E-state index in [4.69, 9.17) is 14.5 Å². The third-order valence-corrected chi connectivity index (χ3v) is 8.17. The van der Waals surface area contributed by atoms with E-state index >= 15 is 0 Å². The van der Waals surface area contributed by atoms with Gasteiger partial charge >= 0.3 is 0 Å². The first-order valence-electron chi connectivity index (χ1n) is 12.6. The van der Waals surface area contributed by atoms with Crippen LogP contribution in [0.15, 0.2) is 42.5 Å². The van der Waals surface area contributed by atoms with Crippen molar-refractivity contribution in [2.45, 2.75) is 44.6 Å². The topological polar surface area (TPSA) is 80.8 Å². The highest BCUT2D eigenvalue weighted by molar-refractivity contribution is 7.15. The van der Waals surface area contributed by atoms with E-state index in [-0.39, 0.29) is 17.9 Å². The van der Waals surface area contributed by atoms with Crippen LogP contribution in [0.4, 0.5) is 0 Å². The van der Waals surface area contributed by atoms with Crippen molar-refractivity contribution < 1.29 is 19.1 Å². The summed E-state index contributed by atoms with van der Waals surface area (Å²) < 4.78 is 11.3. The summed E-state index contributed by atoms with van der Waals surface area (Å²) in [6.45, 7) is 4.07. The maximum Gasteiger partial charge on any atom is 0.274 e. The lowest BCUT2D eigenvalue weighted by Crippen LogP contribution is -2.49. The molecule has 0 unspecified atom stereocenters. The fourth-order valence-electron chi connectivity index (χ4n) is 4.91. The molecule has 7 nitrogen and oxygen atoms in total. The van der Waals surface area contributed by atoms with Gasteiger partial charge in [-0.1, -0.05) is 35.9 Å². The number of amides is 2. The molecule has 36 heavy (non-hydrogen) atoms. The fourth-order valence-corrected chi connectivity index (χ4v) is 6.14. The maximum absolute atomic E-state index is 13.7. The minimum absolute atomic E-state index is 0.0533. The summed E-state index contributed by atoms with van der Waals surface area (Å²) in [5, 5.41) is 4.19. The quantitative estimate of drug-likeness (QED) is 0.541. The Morgan fingerprint density at radius 3 is 2.75 bits per heavy atom. The molecular weight excluding hydrogens is 474 g/mol. The zero-order valence-electron chi connectivity index (χ0n) is 20.3. The fraction of sp³-hybridized carbons (Fsp3) is 0.393. The van der Waals surface area contributed by atoms with Gasteiger partial charge in [-0.05, 0) is 50.3 Å². The molecule has 6 rings (SSSR count). The van der Waals surface area contributed by atoms with Gasteiger partial charge in [0.1, 0.15) is 18.9 Å². The monoisotopic (exact) mass is 503 g/mol. The molecule has 3 aromatic rings. The first-order chi connectivity index (χ1) is 17.6. The van der Waals surface area contributed by atoms with Gasteiger partial charge in [-0.15, -0.1) is 11.3 Å². The molecule has 0 bridgehead atoms. The number of aryl methyl sites for hydroxylation is 1. The first-order valence-corrected chi connectivity index (χ1v) is 13.4. The lowest BCUT2D eigenvalue weighted by atomic mass is 10.0. The first kappa shape index (κ1) is 23.0. The second-order valence-corrected chi connectivity index (χ2v) is 10.8. The smallest absolute Gasteiger partial charge is 0.274 e. The Bertz CT molecular complexity index is 1320. The molecule has 1 aromatic heterocycles. The number of nitrogens with one attached hydrogen (secondary N) is 1. The Hall–Kier alpha value is -3.39. The molecule has 2 aliphatic heterocycles. The van der Waals surface area contributed by atoms with E-state index in [0.717, 1.165) is 46.7 Å². The van der Waals surface area contributed by atoms with Crippen molar-refractivity contribution in [1.29, 1.82) is 0 Å². The van der Waals surface area contributed by atoms with Crippen molar-refractivity contribution in [2.75, 3.05) is 26.3 Å². The van der Waals surface area contributed by atoms with Crippen molar-refractivity contribution in [3.8, 4) is 21.9 Å². The number of hydrogen-bond acceptors (Lipinski definition) is 6. The summed E-state index contributed by atoms with van der Waals surface area (Å²) in [4.78, 5) is 34.5. The molecule has 1 saturated heterocycles. The van der Waals surface area contributed by atoms with Crippen molar-refractivity contribution in [3.63, 3.8) is 0 Å². The minimum atomic E-state index is -0.207. The zero-order valence-corrected chi connectivity index (χ0v) is 21.1. The molecule has 2 amide bonds. The normalized spacial score (nSPS) is 19.1. The van der Waals surface area contributed by atoms with E-state index < -0.39 is 0 Å². The highest BCUT2D eigenvalue weighted by atomic mass is 32.1. The van der Waals surface area contributed by atoms with Crippen LogP contribution in [0, 0.1) is 6.92 Å². The van der Waals surface area contributed by atoms with Crippen LogP contribution in [0.2, 0.25) is 0 Å². The average molecular weight is 504 g/mol.